The van der Waals surface area contributed by atoms with E-state index < -0.39 is 37.0 Å². The zero-order valence-electron chi connectivity index (χ0n) is 14.8. The summed E-state index contributed by atoms with van der Waals surface area (Å²) < 4.78 is 23.8. The fraction of sp³-hybridized carbons (Fsp3) is 0.400. The minimum Gasteiger partial charge on any atom is -0.394 e. The number of fused-ring (bicyclic) bond motifs is 2. The Morgan fingerprint density at radius 2 is 1.46 bits per heavy atom. The lowest BCUT2D eigenvalue weighted by atomic mass is 10.0. The summed E-state index contributed by atoms with van der Waals surface area (Å²) in [6, 6.07) is 14.2. The Balaban J connectivity index is 1.64. The summed E-state index contributed by atoms with van der Waals surface area (Å²) in [4.78, 5) is 0. The minimum absolute atomic E-state index is 0.0516. The Hall–Kier alpha value is -1.22. The van der Waals surface area contributed by atoms with E-state index in [1.165, 1.54) is 0 Å². The van der Waals surface area contributed by atoms with Gasteiger partial charge in [-0.3, -0.25) is 0 Å². The number of rotatable bonds is 3. The van der Waals surface area contributed by atoms with Gasteiger partial charge in [0.1, 0.15) is 24.4 Å². The molecule has 28 heavy (non-hydrogen) atoms. The van der Waals surface area contributed by atoms with Crippen molar-refractivity contribution >= 4 is 23.2 Å². The molecule has 0 radical (unpaired) electrons. The molecule has 0 saturated carbocycles. The highest BCUT2D eigenvalue weighted by atomic mass is 35.5. The van der Waals surface area contributed by atoms with E-state index in [9.17, 15) is 10.2 Å². The van der Waals surface area contributed by atoms with Gasteiger partial charge < -0.3 is 29.2 Å². The van der Waals surface area contributed by atoms with Gasteiger partial charge in [0.05, 0.1) is 13.2 Å². The van der Waals surface area contributed by atoms with Gasteiger partial charge in [0.25, 0.3) is 0 Å². The molecule has 2 unspecified atom stereocenters. The first-order chi connectivity index (χ1) is 13.6. The fourth-order valence-corrected chi connectivity index (χ4v) is 3.85. The standard InChI is InChI=1S/C20H20Cl2O6/c21-13-7-3-1-5-11(13)19-25-10-16-17(24)18(28-19)15(9-23)26-20(27-16)12-6-2-4-8-14(12)22/h1-8,15-20,23-24H,9-10H2/t15-,16+,17+,18+,19?,20?/m1/s1. The molecular weight excluding hydrogens is 407 g/mol. The largest absolute Gasteiger partial charge is 0.394 e. The monoisotopic (exact) mass is 426 g/mol. The van der Waals surface area contributed by atoms with Crippen LogP contribution in [0.15, 0.2) is 48.5 Å². The average Bonchev–Trinajstić information content (AvgIpc) is 2.94. The molecule has 2 aromatic rings. The Labute approximate surface area is 172 Å². The third kappa shape index (κ3) is 3.92. The zero-order valence-corrected chi connectivity index (χ0v) is 16.3. The van der Waals surface area contributed by atoms with Gasteiger partial charge in [-0.2, -0.15) is 0 Å². The molecule has 4 rings (SSSR count). The molecule has 0 amide bonds. The number of benzene rings is 2. The second kappa shape index (κ2) is 8.65. The highest BCUT2D eigenvalue weighted by Crippen LogP contribution is 2.39. The SMILES string of the molecule is OC[C@H]1OC(c2ccccc2Cl)O[C@H]2COC(c3ccccc3Cl)O[C@@H]1[C@H]2O. The number of hydrogen-bond donors (Lipinski definition) is 2. The van der Waals surface area contributed by atoms with Crippen LogP contribution < -0.4 is 0 Å². The molecule has 0 spiro atoms. The van der Waals surface area contributed by atoms with Crippen LogP contribution in [0.4, 0.5) is 0 Å². The summed E-state index contributed by atoms with van der Waals surface area (Å²) in [7, 11) is 0. The number of aliphatic hydroxyl groups excluding tert-OH is 2. The molecule has 2 aliphatic heterocycles. The molecule has 0 aromatic heterocycles. The topological polar surface area (TPSA) is 77.4 Å². The van der Waals surface area contributed by atoms with Gasteiger partial charge in [-0.15, -0.1) is 0 Å². The van der Waals surface area contributed by atoms with Gasteiger partial charge in [0, 0.05) is 21.2 Å². The van der Waals surface area contributed by atoms with Gasteiger partial charge in [-0.1, -0.05) is 59.6 Å². The summed E-state index contributed by atoms with van der Waals surface area (Å²) in [6.45, 7) is -0.329. The van der Waals surface area contributed by atoms with Crippen molar-refractivity contribution in [2.45, 2.75) is 37.0 Å². The summed E-state index contributed by atoms with van der Waals surface area (Å²) in [5.41, 5.74) is 1.23. The van der Waals surface area contributed by atoms with Crippen LogP contribution in [-0.4, -0.2) is 47.8 Å². The molecule has 2 saturated heterocycles. The van der Waals surface area contributed by atoms with E-state index in [0.717, 1.165) is 0 Å². The lowest BCUT2D eigenvalue weighted by Gasteiger charge is -2.29. The summed E-state index contributed by atoms with van der Waals surface area (Å²) in [5.74, 6) is 0. The van der Waals surface area contributed by atoms with E-state index in [0.29, 0.717) is 21.2 Å². The van der Waals surface area contributed by atoms with E-state index >= 15 is 0 Å². The highest BCUT2D eigenvalue weighted by molar-refractivity contribution is 6.31. The molecule has 2 aromatic carbocycles. The first-order valence-electron chi connectivity index (χ1n) is 8.94. The van der Waals surface area contributed by atoms with E-state index in [4.69, 9.17) is 42.1 Å². The average molecular weight is 427 g/mol. The second-order valence-corrected chi connectivity index (χ2v) is 7.48. The van der Waals surface area contributed by atoms with Crippen LogP contribution in [0.2, 0.25) is 10.0 Å². The van der Waals surface area contributed by atoms with Crippen LogP contribution >= 0.6 is 23.2 Å². The molecule has 2 heterocycles. The normalized spacial score (nSPS) is 33.1. The number of hydrogen-bond acceptors (Lipinski definition) is 6. The predicted octanol–water partition coefficient (Wildman–Crippen LogP) is 3.24. The molecule has 8 heteroatoms. The first-order valence-corrected chi connectivity index (χ1v) is 9.70. The van der Waals surface area contributed by atoms with E-state index in [-0.39, 0.29) is 13.2 Å². The number of halogens is 2. The van der Waals surface area contributed by atoms with Crippen molar-refractivity contribution in [1.82, 2.24) is 0 Å². The van der Waals surface area contributed by atoms with E-state index in [1.807, 2.05) is 12.1 Å². The maximum atomic E-state index is 10.8. The van der Waals surface area contributed by atoms with E-state index in [2.05, 4.69) is 0 Å². The van der Waals surface area contributed by atoms with Crippen molar-refractivity contribution in [3.63, 3.8) is 0 Å². The smallest absolute Gasteiger partial charge is 0.186 e. The quantitative estimate of drug-likeness (QED) is 0.784. The van der Waals surface area contributed by atoms with Crippen molar-refractivity contribution < 1.29 is 29.2 Å². The number of ether oxygens (including phenoxy) is 4. The molecule has 6 nitrogen and oxygen atoms in total. The van der Waals surface area contributed by atoms with Crippen molar-refractivity contribution in [2.24, 2.45) is 0 Å². The van der Waals surface area contributed by atoms with Crippen LogP contribution in [0.25, 0.3) is 0 Å². The molecule has 2 N–H and O–H groups in total. The summed E-state index contributed by atoms with van der Waals surface area (Å²) >= 11 is 12.5. The molecule has 2 aliphatic rings. The van der Waals surface area contributed by atoms with E-state index in [1.54, 1.807) is 36.4 Å². The second-order valence-electron chi connectivity index (χ2n) is 6.66. The van der Waals surface area contributed by atoms with Crippen LogP contribution in [0.1, 0.15) is 23.7 Å². The van der Waals surface area contributed by atoms with Gasteiger partial charge >= 0.3 is 0 Å². The minimum atomic E-state index is -1.07. The van der Waals surface area contributed by atoms with Crippen molar-refractivity contribution in [3.8, 4) is 0 Å². The number of aliphatic hydroxyl groups is 2. The molecular formula is C20H20Cl2O6. The molecule has 150 valence electrons. The third-order valence-corrected chi connectivity index (χ3v) is 5.56. The van der Waals surface area contributed by atoms with Crippen molar-refractivity contribution in [3.05, 3.63) is 69.7 Å². The van der Waals surface area contributed by atoms with Gasteiger partial charge in [-0.25, -0.2) is 0 Å². The predicted molar refractivity (Wildman–Crippen MR) is 102 cm³/mol. The lowest BCUT2D eigenvalue weighted by molar-refractivity contribution is -0.249. The van der Waals surface area contributed by atoms with Crippen LogP contribution in [0, 0.1) is 0 Å². The fourth-order valence-electron chi connectivity index (χ4n) is 3.40. The van der Waals surface area contributed by atoms with Gasteiger partial charge in [0.2, 0.25) is 0 Å². The highest BCUT2D eigenvalue weighted by Gasteiger charge is 2.46. The van der Waals surface area contributed by atoms with Gasteiger partial charge in [-0.05, 0) is 12.1 Å². The Morgan fingerprint density at radius 3 is 2.07 bits per heavy atom. The molecule has 2 bridgehead atoms. The maximum absolute atomic E-state index is 10.8. The van der Waals surface area contributed by atoms with Crippen molar-refractivity contribution in [2.75, 3.05) is 13.2 Å². The molecule has 6 atom stereocenters. The van der Waals surface area contributed by atoms with Crippen molar-refractivity contribution in [1.29, 1.82) is 0 Å². The Kier molecular flexibility index (Phi) is 6.20. The maximum Gasteiger partial charge on any atom is 0.186 e. The Bertz CT molecular complexity index is 817. The summed E-state index contributed by atoms with van der Waals surface area (Å²) in [6.07, 6.45) is -5.25. The van der Waals surface area contributed by atoms with Crippen LogP contribution in [0.5, 0.6) is 0 Å². The van der Waals surface area contributed by atoms with Gasteiger partial charge in [0.15, 0.2) is 12.6 Å². The third-order valence-electron chi connectivity index (χ3n) is 4.87. The first kappa shape index (κ1) is 20.1. The van der Waals surface area contributed by atoms with Crippen LogP contribution in [-0.2, 0) is 18.9 Å². The molecule has 2 fully saturated rings. The zero-order chi connectivity index (χ0) is 19.7. The summed E-state index contributed by atoms with van der Waals surface area (Å²) in [5, 5.41) is 21.7. The lowest BCUT2D eigenvalue weighted by Crippen LogP contribution is -2.45. The van der Waals surface area contributed by atoms with Crippen LogP contribution in [0.3, 0.4) is 0 Å². The Morgan fingerprint density at radius 1 is 0.857 bits per heavy atom. The molecule has 0 aliphatic carbocycles.